The van der Waals surface area contributed by atoms with Gasteiger partial charge in [-0.1, -0.05) is 44.9 Å². The molecule has 10 aliphatic rings. The fourth-order valence-electron chi connectivity index (χ4n) is 18.1. The first-order valence-electron chi connectivity index (χ1n) is 34.8. The number of ketones is 1. The zero-order chi connectivity index (χ0) is 68.1. The normalized spacial score (nSPS) is 49.3. The third kappa shape index (κ3) is 14.6. The van der Waals surface area contributed by atoms with Crippen LogP contribution < -0.4 is 0 Å². The predicted molar refractivity (Wildman–Crippen MR) is 336 cm³/mol. The number of esters is 1. The molecule has 6 heterocycles. The molecule has 0 aromatic heterocycles. The van der Waals surface area contributed by atoms with E-state index in [2.05, 4.69) is 13.0 Å². The third-order valence-corrected chi connectivity index (χ3v) is 23.9. The van der Waals surface area contributed by atoms with E-state index < -0.39 is 187 Å². The summed E-state index contributed by atoms with van der Waals surface area (Å²) in [5, 5.41) is 36.5. The summed E-state index contributed by atoms with van der Waals surface area (Å²) in [6.45, 7) is 22.9. The molecule has 3 saturated carbocycles. The van der Waals surface area contributed by atoms with Crippen LogP contribution in [0, 0.1) is 28.6 Å². The van der Waals surface area contributed by atoms with Crippen LogP contribution in [0.25, 0.3) is 0 Å². The second-order valence-corrected chi connectivity index (χ2v) is 29.6. The Bertz CT molecular complexity index is 2590. The second-order valence-electron chi connectivity index (χ2n) is 29.6. The summed E-state index contributed by atoms with van der Waals surface area (Å²) in [5.74, 6) is -1.47. The van der Waals surface area contributed by atoms with Gasteiger partial charge >= 0.3 is 5.97 Å². The minimum absolute atomic E-state index is 0.0793. The van der Waals surface area contributed by atoms with Crippen LogP contribution in [0.15, 0.2) is 23.3 Å². The maximum absolute atomic E-state index is 13.6. The van der Waals surface area contributed by atoms with Crippen molar-refractivity contribution in [2.45, 2.75) is 338 Å². The molecule has 6 aliphatic heterocycles. The van der Waals surface area contributed by atoms with E-state index in [1.807, 2.05) is 62.3 Å². The highest BCUT2D eigenvalue weighted by Gasteiger charge is 2.77. The Morgan fingerprint density at radius 3 is 1.28 bits per heavy atom. The molecule has 24 heteroatoms. The van der Waals surface area contributed by atoms with Gasteiger partial charge in [-0.05, 0) is 112 Å². The first-order chi connectivity index (χ1) is 44.6. The molecule has 4 aliphatic carbocycles. The Balaban J connectivity index is 0.697. The van der Waals surface area contributed by atoms with Gasteiger partial charge in [-0.3, -0.25) is 4.79 Å². The molecule has 0 amide bonds. The second kappa shape index (κ2) is 30.5. The highest BCUT2D eigenvalue weighted by Crippen LogP contribution is 2.70. The van der Waals surface area contributed by atoms with Gasteiger partial charge in [0, 0.05) is 105 Å². The van der Waals surface area contributed by atoms with Crippen molar-refractivity contribution in [3.63, 3.8) is 0 Å². The highest BCUT2D eigenvalue weighted by molar-refractivity contribution is 5.83. The van der Waals surface area contributed by atoms with Gasteiger partial charge in [0.1, 0.15) is 59.7 Å². The molecule has 0 aromatic rings. The fraction of sp³-hybridized carbons (Fsp3) is 0.914. The molecule has 9 fully saturated rings. The molecule has 0 spiro atoms. The van der Waals surface area contributed by atoms with Crippen molar-refractivity contribution in [2.75, 3.05) is 42.7 Å². The maximum atomic E-state index is 13.6. The lowest BCUT2D eigenvalue weighted by Gasteiger charge is -2.66. The molecule has 0 aromatic carbocycles. The van der Waals surface area contributed by atoms with Gasteiger partial charge in [0.25, 0.3) is 0 Å². The van der Waals surface area contributed by atoms with Crippen molar-refractivity contribution >= 4 is 11.8 Å². The Morgan fingerprint density at radius 1 is 0.532 bits per heavy atom. The van der Waals surface area contributed by atoms with E-state index in [9.17, 15) is 24.9 Å². The van der Waals surface area contributed by atoms with Gasteiger partial charge < -0.3 is 105 Å². The standard InChI is InChI=1S/C70H114O24/c1-34(2)35(3)25-54(72)89-53-33-52-67(11)22-20-44(26-43(67)19-23-69(52,74)70(75)24-21-45(36(4)71)68(53,70)12)88-55-28-47(77-14)62(38(6)83-55)91-57-30-49(79-16)64(40(8)85-57)93-59-32-51(81-18)66(42(10)87-59)94-60-31-50(80-17)65(41(9)86-60)92-58-29-48(78-15)63(39(7)84-58)90-56-27-46(76-13)61(73)37(5)82-56/h19,25,34,37-42,44-53,55-66,73-75H,20-24,26-33H2,1-18H3. The number of Topliss-reactive ketones (excluding diaryl/α,β-unsaturated/α-hetero) is 1. The maximum Gasteiger partial charge on any atom is 0.330 e. The van der Waals surface area contributed by atoms with E-state index in [-0.39, 0.29) is 36.8 Å². The topological polar surface area (TPSA) is 270 Å². The average molecular weight is 1340 g/mol. The number of carbonyl (C=O) groups is 2. The number of aliphatic hydroxyl groups is 3. The molecular weight excluding hydrogens is 1220 g/mol. The number of methoxy groups -OCH3 is 6. The van der Waals surface area contributed by atoms with Gasteiger partial charge in [0.05, 0.1) is 79.4 Å². The summed E-state index contributed by atoms with van der Waals surface area (Å²) < 4.78 is 121. The summed E-state index contributed by atoms with van der Waals surface area (Å²) in [6.07, 6.45) is -4.38. The monoisotopic (exact) mass is 1340 g/mol. The van der Waals surface area contributed by atoms with E-state index in [1.165, 1.54) is 13.0 Å². The summed E-state index contributed by atoms with van der Waals surface area (Å²) in [4.78, 5) is 26.9. The lowest BCUT2D eigenvalue weighted by Crippen LogP contribution is -2.75. The van der Waals surface area contributed by atoms with Gasteiger partial charge in [0.2, 0.25) is 0 Å². The minimum Gasteiger partial charge on any atom is -0.458 e. The molecule has 6 saturated heterocycles. The molecular formula is C70H114O24. The van der Waals surface area contributed by atoms with Crippen LogP contribution >= 0.6 is 0 Å². The molecule has 32 unspecified atom stereocenters. The van der Waals surface area contributed by atoms with Crippen LogP contribution in [0.5, 0.6) is 0 Å². The Morgan fingerprint density at radius 2 is 0.904 bits per heavy atom. The van der Waals surface area contributed by atoms with Gasteiger partial charge in [-0.15, -0.1) is 0 Å². The average Bonchev–Trinajstić information content (AvgIpc) is 1.40. The van der Waals surface area contributed by atoms with Crippen LogP contribution in [-0.4, -0.2) is 241 Å². The molecule has 3 N–H and O–H groups in total. The van der Waals surface area contributed by atoms with Crippen LogP contribution in [0.2, 0.25) is 0 Å². The number of allylic oxidation sites excluding steroid dienone is 1. The van der Waals surface area contributed by atoms with Crippen molar-refractivity contribution in [3.05, 3.63) is 23.3 Å². The van der Waals surface area contributed by atoms with Crippen molar-refractivity contribution in [2.24, 2.45) is 28.6 Å². The number of rotatable bonds is 22. The number of ether oxygens (including phenoxy) is 19. The predicted octanol–water partition coefficient (Wildman–Crippen LogP) is 7.08. The lowest BCUT2D eigenvalue weighted by atomic mass is 9.43. The van der Waals surface area contributed by atoms with Gasteiger partial charge in [-0.25, -0.2) is 4.79 Å². The molecule has 538 valence electrons. The van der Waals surface area contributed by atoms with Crippen molar-refractivity contribution in [1.29, 1.82) is 0 Å². The van der Waals surface area contributed by atoms with Crippen LogP contribution in [0.3, 0.4) is 0 Å². The zero-order valence-electron chi connectivity index (χ0n) is 59.0. The number of aliphatic hydroxyl groups excluding tert-OH is 1. The van der Waals surface area contributed by atoms with E-state index in [1.54, 1.807) is 49.6 Å². The number of hydrogen-bond donors (Lipinski definition) is 3. The molecule has 0 bridgehead atoms. The SMILES string of the molecule is COC1CC(OC2C(C)OC(OC3C(C)OC(OC4C(C)OC(OC5C(C)OC(OC6C(C)OC(OC7CCC8(C)C(=CCC9(O)C8CC(OC(=O)C=C(C)C(C)C)C8(C)C(C(C)=O)CCC98O)C7)CC6OC)CC5OC)CC4OC)CC3OC)CC2OC)OC(C)C1O. The van der Waals surface area contributed by atoms with E-state index >= 15 is 0 Å². The van der Waals surface area contributed by atoms with E-state index in [0.717, 1.165) is 11.1 Å². The smallest absolute Gasteiger partial charge is 0.330 e. The summed E-state index contributed by atoms with van der Waals surface area (Å²) in [7, 11) is 9.82. The number of hydrogen-bond acceptors (Lipinski definition) is 24. The minimum atomic E-state index is -1.68. The fourth-order valence-corrected chi connectivity index (χ4v) is 18.1. The molecule has 32 atom stereocenters. The quantitative estimate of drug-likeness (QED) is 0.0555. The van der Waals surface area contributed by atoms with Crippen LogP contribution in [0.1, 0.15) is 167 Å². The lowest BCUT2D eigenvalue weighted by molar-refractivity contribution is -0.355. The zero-order valence-corrected chi connectivity index (χ0v) is 59.0. The molecule has 0 radical (unpaired) electrons. The van der Waals surface area contributed by atoms with Crippen molar-refractivity contribution < 1.29 is 115 Å². The number of fused-ring (bicyclic) bond motifs is 5. The molecule has 94 heavy (non-hydrogen) atoms. The van der Waals surface area contributed by atoms with E-state index in [0.29, 0.717) is 70.6 Å². The van der Waals surface area contributed by atoms with Crippen molar-refractivity contribution in [1.82, 2.24) is 0 Å². The van der Waals surface area contributed by atoms with Gasteiger partial charge in [-0.2, -0.15) is 0 Å². The van der Waals surface area contributed by atoms with Crippen LogP contribution in [-0.2, 0) is 99.6 Å². The largest absolute Gasteiger partial charge is 0.458 e. The Hall–Kier alpha value is -2.22. The molecule has 24 nitrogen and oxygen atoms in total. The highest BCUT2D eigenvalue weighted by atomic mass is 16.8. The Labute approximate surface area is 556 Å². The summed E-state index contributed by atoms with van der Waals surface area (Å²) in [6, 6.07) is 0. The third-order valence-electron chi connectivity index (χ3n) is 23.9. The number of carbonyl (C=O) groups excluding carboxylic acids is 2. The van der Waals surface area contributed by atoms with Crippen LogP contribution in [0.4, 0.5) is 0 Å². The van der Waals surface area contributed by atoms with E-state index in [4.69, 9.17) is 90.0 Å². The summed E-state index contributed by atoms with van der Waals surface area (Å²) in [5.41, 5.74) is -2.94. The first-order valence-corrected chi connectivity index (χ1v) is 34.8. The van der Waals surface area contributed by atoms with Gasteiger partial charge in [0.15, 0.2) is 37.7 Å². The van der Waals surface area contributed by atoms with Crippen molar-refractivity contribution in [3.8, 4) is 0 Å². The Kier molecular flexibility index (Phi) is 24.2. The summed E-state index contributed by atoms with van der Waals surface area (Å²) >= 11 is 0. The first kappa shape index (κ1) is 74.5. The molecule has 10 rings (SSSR count).